The first-order valence-electron chi connectivity index (χ1n) is 14.0. The van der Waals surface area contributed by atoms with Crippen molar-refractivity contribution in [2.75, 3.05) is 46.2 Å². The van der Waals surface area contributed by atoms with Crippen molar-refractivity contribution in [1.29, 1.82) is 0 Å². The fourth-order valence-electron chi connectivity index (χ4n) is 5.65. The second-order valence-corrected chi connectivity index (χ2v) is 11.3. The zero-order chi connectivity index (χ0) is 33.5. The lowest BCUT2D eigenvalue weighted by molar-refractivity contribution is -0.404. The van der Waals surface area contributed by atoms with Gasteiger partial charge in [-0.3, -0.25) is 0 Å². The second-order valence-electron chi connectivity index (χ2n) is 11.3. The van der Waals surface area contributed by atoms with Gasteiger partial charge in [0.25, 0.3) is 0 Å². The molecule has 21 nitrogen and oxygen atoms in total. The topological polar surface area (TPSA) is 348 Å². The Kier molecular flexibility index (Phi) is 11.8. The normalized spacial score (nSPS) is 52.1. The van der Waals surface area contributed by atoms with Crippen LogP contribution in [-0.2, 0) is 33.2 Å². The van der Waals surface area contributed by atoms with E-state index in [0.29, 0.717) is 0 Å². The van der Waals surface area contributed by atoms with Crippen molar-refractivity contribution in [3.63, 3.8) is 0 Å². The van der Waals surface area contributed by atoms with Gasteiger partial charge >= 0.3 is 0 Å². The van der Waals surface area contributed by atoms with Gasteiger partial charge in [-0.2, -0.15) is 0 Å². The van der Waals surface area contributed by atoms with Crippen LogP contribution in [0.3, 0.4) is 0 Å². The third-order valence-corrected chi connectivity index (χ3v) is 8.48. The van der Waals surface area contributed by atoms with E-state index in [1.54, 1.807) is 0 Å². The third kappa shape index (κ3) is 6.49. The summed E-state index contributed by atoms with van der Waals surface area (Å²) in [5.41, 5.74) is 0. The standard InChI is InChI=1S/C24H42O21/c25-1-8-12(30)16(34)17(35)21(41-8)45-24(20(38)15(33)11(4-28)44-24)7-40-23(19(37)14(32)10(3-27)43-23)6-39-22(5-29)18(36)13(31)9(2-26)42-22/h8-21,25-38H,1-7H2/t8?,9-,10-,11-,12?,13+,14+,15+,16+,17?,18?,19?,20?,21+,22-,23-,24+/m1/s1. The summed E-state index contributed by atoms with van der Waals surface area (Å²) in [7, 11) is 0. The van der Waals surface area contributed by atoms with Crippen molar-refractivity contribution in [3.8, 4) is 0 Å². The zero-order valence-corrected chi connectivity index (χ0v) is 23.7. The van der Waals surface area contributed by atoms with E-state index in [2.05, 4.69) is 0 Å². The first-order chi connectivity index (χ1) is 21.2. The van der Waals surface area contributed by atoms with Gasteiger partial charge in [-0.25, -0.2) is 0 Å². The number of aliphatic hydroxyl groups excluding tert-OH is 14. The minimum atomic E-state index is -2.67. The molecule has 45 heavy (non-hydrogen) atoms. The molecule has 17 atom stereocenters. The van der Waals surface area contributed by atoms with Gasteiger partial charge < -0.3 is 105 Å². The molecule has 0 aromatic carbocycles. The molecule has 4 aliphatic rings. The van der Waals surface area contributed by atoms with Crippen LogP contribution in [0.1, 0.15) is 0 Å². The minimum Gasteiger partial charge on any atom is -0.394 e. The number of ether oxygens (including phenoxy) is 7. The minimum absolute atomic E-state index is 0.809. The Morgan fingerprint density at radius 2 is 0.844 bits per heavy atom. The zero-order valence-electron chi connectivity index (χ0n) is 23.7. The van der Waals surface area contributed by atoms with E-state index in [9.17, 15) is 71.5 Å². The maximum absolute atomic E-state index is 11.0. The first kappa shape index (κ1) is 37.0. The van der Waals surface area contributed by atoms with Gasteiger partial charge in [0.2, 0.25) is 17.4 Å². The Bertz CT molecular complexity index is 962. The summed E-state index contributed by atoms with van der Waals surface area (Å²) in [5, 5.41) is 143. The van der Waals surface area contributed by atoms with Crippen LogP contribution in [0.5, 0.6) is 0 Å². The van der Waals surface area contributed by atoms with E-state index >= 15 is 0 Å². The average molecular weight is 667 g/mol. The molecule has 0 spiro atoms. The highest BCUT2D eigenvalue weighted by Crippen LogP contribution is 2.41. The molecule has 0 aromatic rings. The van der Waals surface area contributed by atoms with Crippen LogP contribution in [0.15, 0.2) is 0 Å². The van der Waals surface area contributed by atoms with Gasteiger partial charge in [0.05, 0.1) is 26.4 Å². The molecule has 0 aromatic heterocycles. The summed E-state index contributed by atoms with van der Waals surface area (Å²) in [4.78, 5) is 0. The van der Waals surface area contributed by atoms with Gasteiger partial charge in [0.15, 0.2) is 6.29 Å². The molecule has 0 saturated carbocycles. The lowest BCUT2D eigenvalue weighted by Crippen LogP contribution is -2.63. The van der Waals surface area contributed by atoms with Crippen molar-refractivity contribution in [3.05, 3.63) is 0 Å². The molecule has 4 aliphatic heterocycles. The predicted octanol–water partition coefficient (Wildman–Crippen LogP) is -9.74. The van der Waals surface area contributed by atoms with Gasteiger partial charge in [-0.05, 0) is 0 Å². The summed E-state index contributed by atoms with van der Waals surface area (Å²) < 4.78 is 38.7. The smallest absolute Gasteiger partial charge is 0.224 e. The van der Waals surface area contributed by atoms with Crippen LogP contribution in [0.25, 0.3) is 0 Å². The van der Waals surface area contributed by atoms with Gasteiger partial charge in [0.1, 0.15) is 99.2 Å². The summed E-state index contributed by atoms with van der Waals surface area (Å²) >= 11 is 0. The fraction of sp³-hybridized carbons (Fsp3) is 1.00. The predicted molar refractivity (Wildman–Crippen MR) is 134 cm³/mol. The van der Waals surface area contributed by atoms with E-state index in [0.717, 1.165) is 0 Å². The second kappa shape index (κ2) is 14.3. The SMILES string of the molecule is OCC1O[C@@H](O[C@]2(CO[C@]3(CO[C@]4(CO)O[C@H](CO)[C@H](O)C4O)O[C@H](CO)[C@H](O)C3O)O[C@H](CO)[C@H](O)C2O)C(O)[C@@H](O)C1O. The number of hydrogen-bond donors (Lipinski definition) is 14. The van der Waals surface area contributed by atoms with Crippen molar-refractivity contribution >= 4 is 0 Å². The molecule has 6 unspecified atom stereocenters. The number of rotatable bonds is 13. The van der Waals surface area contributed by atoms with Crippen LogP contribution >= 0.6 is 0 Å². The number of aliphatic hydroxyl groups is 14. The Hall–Kier alpha value is -0.840. The van der Waals surface area contributed by atoms with E-state index in [1.165, 1.54) is 0 Å². The monoisotopic (exact) mass is 666 g/mol. The van der Waals surface area contributed by atoms with Crippen molar-refractivity contribution in [2.45, 2.75) is 103 Å². The van der Waals surface area contributed by atoms with E-state index in [-0.39, 0.29) is 0 Å². The van der Waals surface area contributed by atoms with Crippen LogP contribution in [0, 0.1) is 0 Å². The van der Waals surface area contributed by atoms with Gasteiger partial charge in [0, 0.05) is 0 Å². The third-order valence-electron chi connectivity index (χ3n) is 8.48. The lowest BCUT2D eigenvalue weighted by atomic mass is 9.99. The van der Waals surface area contributed by atoms with Crippen LogP contribution in [0.2, 0.25) is 0 Å². The summed E-state index contributed by atoms with van der Waals surface area (Å²) in [5.74, 6) is -7.73. The molecule has 4 fully saturated rings. The van der Waals surface area contributed by atoms with E-state index in [4.69, 9.17) is 33.2 Å². The van der Waals surface area contributed by atoms with Crippen LogP contribution < -0.4 is 0 Å². The molecule has 0 radical (unpaired) electrons. The van der Waals surface area contributed by atoms with Gasteiger partial charge in [-0.15, -0.1) is 0 Å². The number of hydrogen-bond acceptors (Lipinski definition) is 21. The van der Waals surface area contributed by atoms with Crippen LogP contribution in [-0.4, -0.2) is 221 Å². The highest BCUT2D eigenvalue weighted by molar-refractivity contribution is 5.03. The largest absolute Gasteiger partial charge is 0.394 e. The molecular weight excluding hydrogens is 624 g/mol. The Morgan fingerprint density at radius 1 is 0.444 bits per heavy atom. The molecular formula is C24H42O21. The van der Waals surface area contributed by atoms with Crippen molar-refractivity contribution in [1.82, 2.24) is 0 Å². The highest BCUT2D eigenvalue weighted by Gasteiger charge is 2.64. The molecule has 4 saturated heterocycles. The molecule has 21 heteroatoms. The average Bonchev–Trinajstić information content (AvgIpc) is 3.55. The Morgan fingerprint density at radius 3 is 1.31 bits per heavy atom. The highest BCUT2D eigenvalue weighted by atomic mass is 16.8. The maximum Gasteiger partial charge on any atom is 0.224 e. The van der Waals surface area contributed by atoms with Crippen molar-refractivity contribution in [2.24, 2.45) is 0 Å². The molecule has 14 N–H and O–H groups in total. The Labute approximate surface area is 254 Å². The summed E-state index contributed by atoms with van der Waals surface area (Å²) in [6, 6.07) is 0. The van der Waals surface area contributed by atoms with Crippen LogP contribution in [0.4, 0.5) is 0 Å². The molecule has 4 heterocycles. The van der Waals surface area contributed by atoms with Gasteiger partial charge in [-0.1, -0.05) is 0 Å². The molecule has 0 aliphatic carbocycles. The lowest BCUT2D eigenvalue weighted by Gasteiger charge is -2.44. The fourth-order valence-corrected chi connectivity index (χ4v) is 5.65. The molecule has 4 rings (SSSR count). The molecule has 0 amide bonds. The van der Waals surface area contributed by atoms with Crippen molar-refractivity contribution < 1.29 is 105 Å². The first-order valence-corrected chi connectivity index (χ1v) is 14.0. The maximum atomic E-state index is 11.0. The quantitative estimate of drug-likeness (QED) is 0.0867. The van der Waals surface area contributed by atoms with E-state index < -0.39 is 149 Å². The Balaban J connectivity index is 1.65. The summed E-state index contributed by atoms with van der Waals surface area (Å²) in [6.07, 6.45) is -25.6. The molecule has 0 bridgehead atoms. The van der Waals surface area contributed by atoms with E-state index in [1.807, 2.05) is 0 Å². The molecule has 264 valence electrons. The summed E-state index contributed by atoms with van der Waals surface area (Å²) in [6.45, 7) is -6.84.